The van der Waals surface area contributed by atoms with Crippen molar-refractivity contribution in [3.8, 4) is 0 Å². The van der Waals surface area contributed by atoms with Gasteiger partial charge < -0.3 is 30.6 Å². The number of carboxylic acids is 2. The van der Waals surface area contributed by atoms with Crippen LogP contribution in [0, 0.1) is 11.8 Å². The summed E-state index contributed by atoms with van der Waals surface area (Å²) >= 11 is 0. The number of hydrogen-bond donors (Lipinski definition) is 6. The Morgan fingerprint density at radius 1 is 0.667 bits per heavy atom. The Bertz CT molecular complexity index is 356. The van der Waals surface area contributed by atoms with Crippen molar-refractivity contribution in [2.24, 2.45) is 11.8 Å². The molecule has 8 nitrogen and oxygen atoms in total. The summed E-state index contributed by atoms with van der Waals surface area (Å²) in [5.41, 5.74) is 0. The van der Waals surface area contributed by atoms with Crippen molar-refractivity contribution >= 4 is 11.9 Å². The third-order valence-electron chi connectivity index (χ3n) is 4.12. The highest BCUT2D eigenvalue weighted by Crippen LogP contribution is 2.29. The highest BCUT2D eigenvalue weighted by molar-refractivity contribution is 5.70. The molecule has 2 unspecified atom stereocenters. The molecule has 6 N–H and O–H groups in total. The largest absolute Gasteiger partial charge is 0.481 e. The molecule has 24 heavy (non-hydrogen) atoms. The van der Waals surface area contributed by atoms with Crippen LogP contribution in [-0.4, -0.2) is 55.2 Å². The SMILES string of the molecule is O=C(O)CCCC(C(=O)O)C(CCCCCC(O)O)CCC(O)O. The Balaban J connectivity index is 4.53. The molecule has 0 aromatic carbocycles. The Morgan fingerprint density at radius 3 is 1.75 bits per heavy atom. The maximum absolute atomic E-state index is 11.5. The summed E-state index contributed by atoms with van der Waals surface area (Å²) in [6.45, 7) is 0. The summed E-state index contributed by atoms with van der Waals surface area (Å²) in [6.07, 6.45) is 0.853. The molecule has 0 saturated heterocycles. The predicted octanol–water partition coefficient (Wildman–Crippen LogP) is 0.910. The van der Waals surface area contributed by atoms with Crippen LogP contribution in [-0.2, 0) is 9.59 Å². The van der Waals surface area contributed by atoms with Crippen LogP contribution >= 0.6 is 0 Å². The molecule has 0 spiro atoms. The zero-order valence-corrected chi connectivity index (χ0v) is 13.9. The van der Waals surface area contributed by atoms with Gasteiger partial charge in [0.05, 0.1) is 5.92 Å². The number of aliphatic hydroxyl groups is 4. The van der Waals surface area contributed by atoms with Crippen LogP contribution in [0.5, 0.6) is 0 Å². The van der Waals surface area contributed by atoms with Gasteiger partial charge >= 0.3 is 11.9 Å². The molecule has 0 aromatic heterocycles. The van der Waals surface area contributed by atoms with E-state index in [9.17, 15) is 14.7 Å². The van der Waals surface area contributed by atoms with Gasteiger partial charge in [-0.15, -0.1) is 0 Å². The van der Waals surface area contributed by atoms with Crippen LogP contribution in [0.2, 0.25) is 0 Å². The Labute approximate surface area is 141 Å². The molecule has 0 saturated carbocycles. The van der Waals surface area contributed by atoms with E-state index in [2.05, 4.69) is 0 Å². The van der Waals surface area contributed by atoms with Gasteiger partial charge in [-0.3, -0.25) is 9.59 Å². The van der Waals surface area contributed by atoms with Gasteiger partial charge in [-0.2, -0.15) is 0 Å². The van der Waals surface area contributed by atoms with Crippen LogP contribution in [0.1, 0.15) is 64.2 Å². The first kappa shape index (κ1) is 22.8. The highest BCUT2D eigenvalue weighted by Gasteiger charge is 2.27. The van der Waals surface area contributed by atoms with Gasteiger partial charge in [-0.25, -0.2) is 0 Å². The van der Waals surface area contributed by atoms with Crippen molar-refractivity contribution in [2.45, 2.75) is 76.8 Å². The van der Waals surface area contributed by atoms with Crippen molar-refractivity contribution in [1.29, 1.82) is 0 Å². The maximum Gasteiger partial charge on any atom is 0.306 e. The second-order valence-corrected chi connectivity index (χ2v) is 6.17. The van der Waals surface area contributed by atoms with E-state index in [4.69, 9.17) is 25.5 Å². The molecule has 0 amide bonds. The molecule has 0 bridgehead atoms. The average molecular weight is 350 g/mol. The van der Waals surface area contributed by atoms with Gasteiger partial charge in [0.15, 0.2) is 12.6 Å². The van der Waals surface area contributed by atoms with Crippen molar-refractivity contribution < 1.29 is 40.2 Å². The van der Waals surface area contributed by atoms with Gasteiger partial charge in [-0.05, 0) is 50.9 Å². The second-order valence-electron chi connectivity index (χ2n) is 6.17. The lowest BCUT2D eigenvalue weighted by molar-refractivity contribution is -0.145. The van der Waals surface area contributed by atoms with Gasteiger partial charge in [-0.1, -0.05) is 12.8 Å². The van der Waals surface area contributed by atoms with Crippen LogP contribution in [0.3, 0.4) is 0 Å². The lowest BCUT2D eigenvalue weighted by Gasteiger charge is -2.24. The molecule has 0 aliphatic carbocycles. The molecular formula is C16H30O8. The summed E-state index contributed by atoms with van der Waals surface area (Å²) in [6, 6.07) is 0. The van der Waals surface area contributed by atoms with E-state index >= 15 is 0 Å². The van der Waals surface area contributed by atoms with E-state index in [1.807, 2.05) is 0 Å². The number of carbonyl (C=O) groups is 2. The third-order valence-corrected chi connectivity index (χ3v) is 4.12. The van der Waals surface area contributed by atoms with E-state index in [-0.39, 0.29) is 38.0 Å². The number of carboxylic acid groups (broad SMARTS) is 2. The fourth-order valence-electron chi connectivity index (χ4n) is 2.85. The Hall–Kier alpha value is -1.22. The first-order chi connectivity index (χ1) is 11.2. The quantitative estimate of drug-likeness (QED) is 0.188. The first-order valence-corrected chi connectivity index (χ1v) is 8.41. The summed E-state index contributed by atoms with van der Waals surface area (Å²) in [4.78, 5) is 22.1. The molecule has 0 fully saturated rings. The molecule has 2 atom stereocenters. The smallest absolute Gasteiger partial charge is 0.306 e. The zero-order valence-electron chi connectivity index (χ0n) is 13.9. The predicted molar refractivity (Wildman–Crippen MR) is 84.9 cm³/mol. The zero-order chi connectivity index (χ0) is 18.5. The van der Waals surface area contributed by atoms with Gasteiger partial charge in [0, 0.05) is 6.42 Å². The molecule has 0 rings (SSSR count). The minimum Gasteiger partial charge on any atom is -0.481 e. The van der Waals surface area contributed by atoms with Crippen molar-refractivity contribution in [2.75, 3.05) is 0 Å². The van der Waals surface area contributed by atoms with Crippen molar-refractivity contribution in [3.63, 3.8) is 0 Å². The van der Waals surface area contributed by atoms with Crippen LogP contribution in [0.4, 0.5) is 0 Å². The molecule has 0 aliphatic rings. The summed E-state index contributed by atoms with van der Waals surface area (Å²) in [5, 5.41) is 53.7. The molecule has 0 aliphatic heterocycles. The second kappa shape index (κ2) is 13.1. The number of unbranched alkanes of at least 4 members (excludes halogenated alkanes) is 2. The van der Waals surface area contributed by atoms with E-state index in [0.29, 0.717) is 25.7 Å². The summed E-state index contributed by atoms with van der Waals surface area (Å²) in [5.74, 6) is -2.95. The van der Waals surface area contributed by atoms with Gasteiger partial charge in [0.25, 0.3) is 0 Å². The molecule has 0 aromatic rings. The lowest BCUT2D eigenvalue weighted by atomic mass is 9.81. The van der Waals surface area contributed by atoms with E-state index < -0.39 is 30.4 Å². The number of rotatable bonds is 15. The molecule has 8 heteroatoms. The van der Waals surface area contributed by atoms with Crippen LogP contribution in [0.25, 0.3) is 0 Å². The Kier molecular flexibility index (Phi) is 12.4. The lowest BCUT2D eigenvalue weighted by Crippen LogP contribution is -2.25. The molecule has 0 radical (unpaired) electrons. The standard InChI is InChI=1S/C16H30O8/c17-13(18)7-3-1-2-5-11(9-10-15(21)22)12(16(23)24)6-4-8-14(19)20/h11-13,15,17-18,21-22H,1-10H2,(H,19,20)(H,23,24). The Morgan fingerprint density at radius 2 is 1.25 bits per heavy atom. The maximum atomic E-state index is 11.5. The topological polar surface area (TPSA) is 156 Å². The normalized spacial score (nSPS) is 14.1. The monoisotopic (exact) mass is 350 g/mol. The summed E-state index contributed by atoms with van der Waals surface area (Å²) < 4.78 is 0. The minimum absolute atomic E-state index is 0.0722. The van der Waals surface area contributed by atoms with Gasteiger partial charge in [0.1, 0.15) is 0 Å². The first-order valence-electron chi connectivity index (χ1n) is 8.41. The fraction of sp³-hybridized carbons (Fsp3) is 0.875. The van der Waals surface area contributed by atoms with Crippen LogP contribution < -0.4 is 0 Å². The van der Waals surface area contributed by atoms with Crippen molar-refractivity contribution in [3.05, 3.63) is 0 Å². The number of hydrogen-bond acceptors (Lipinski definition) is 6. The van der Waals surface area contributed by atoms with Crippen molar-refractivity contribution in [1.82, 2.24) is 0 Å². The van der Waals surface area contributed by atoms with Crippen LogP contribution in [0.15, 0.2) is 0 Å². The number of aliphatic hydroxyl groups excluding tert-OH is 2. The third kappa shape index (κ3) is 12.2. The fourth-order valence-corrected chi connectivity index (χ4v) is 2.85. The van der Waals surface area contributed by atoms with Gasteiger partial charge in [0.2, 0.25) is 0 Å². The molecule has 0 heterocycles. The number of aliphatic carboxylic acids is 2. The molecular weight excluding hydrogens is 320 g/mol. The summed E-state index contributed by atoms with van der Waals surface area (Å²) in [7, 11) is 0. The minimum atomic E-state index is -1.49. The van der Waals surface area contributed by atoms with E-state index in [1.54, 1.807) is 0 Å². The average Bonchev–Trinajstić information content (AvgIpc) is 2.46. The van der Waals surface area contributed by atoms with E-state index in [1.165, 1.54) is 0 Å². The molecule has 142 valence electrons. The van der Waals surface area contributed by atoms with E-state index in [0.717, 1.165) is 6.42 Å². The highest BCUT2D eigenvalue weighted by atomic mass is 16.5.